The van der Waals surface area contributed by atoms with Crippen molar-refractivity contribution >= 4 is 0 Å². The number of unbranched alkanes of at least 4 members (excludes halogenated alkanes) is 10. The van der Waals surface area contributed by atoms with Gasteiger partial charge in [0.25, 0.3) is 0 Å². The van der Waals surface area contributed by atoms with Crippen LogP contribution in [0.3, 0.4) is 0 Å². The molecule has 4 atom stereocenters. The van der Waals surface area contributed by atoms with Gasteiger partial charge in [-0.25, -0.2) is 0 Å². The average Bonchev–Trinajstić information content (AvgIpc) is 3.04. The Morgan fingerprint density at radius 1 is 0.963 bits per heavy atom. The molecule has 1 aliphatic heterocycles. The number of allylic oxidation sites excluding steroid dienone is 2. The van der Waals surface area contributed by atoms with Gasteiger partial charge in [0.05, 0.1) is 13.2 Å². The van der Waals surface area contributed by atoms with Crippen LogP contribution in [0, 0.1) is 0 Å². The molecule has 0 aromatic rings. The first kappa shape index (κ1) is 24.6. The molecule has 0 aliphatic carbocycles. The second-order valence-corrected chi connectivity index (χ2v) is 7.68. The molecule has 27 heavy (non-hydrogen) atoms. The second-order valence-electron chi connectivity index (χ2n) is 7.68. The second kappa shape index (κ2) is 16.5. The Balaban J connectivity index is 1.88. The predicted octanol–water partition coefficient (Wildman–Crippen LogP) is 3.74. The summed E-state index contributed by atoms with van der Waals surface area (Å²) < 4.78 is 11.0. The fourth-order valence-corrected chi connectivity index (χ4v) is 3.45. The fourth-order valence-electron chi connectivity index (χ4n) is 3.45. The Hall–Kier alpha value is -0.460. The van der Waals surface area contributed by atoms with Gasteiger partial charge in [-0.3, -0.25) is 0 Å². The summed E-state index contributed by atoms with van der Waals surface area (Å²) in [4.78, 5) is 0. The van der Waals surface area contributed by atoms with Crippen molar-refractivity contribution in [3.63, 3.8) is 0 Å². The van der Waals surface area contributed by atoms with Crippen LogP contribution in [0.25, 0.3) is 0 Å². The SMILES string of the molecule is CCCCCCCCCCC/C=C/CCCO[C@H]1CO[C@H]([C@H](O)CO)[C@@H]1O. The summed E-state index contributed by atoms with van der Waals surface area (Å²) in [7, 11) is 0. The molecule has 1 aliphatic rings. The van der Waals surface area contributed by atoms with E-state index in [2.05, 4.69) is 19.1 Å². The molecule has 1 rings (SSSR count). The molecule has 0 aromatic heterocycles. The van der Waals surface area contributed by atoms with E-state index in [-0.39, 0.29) is 6.61 Å². The van der Waals surface area contributed by atoms with Gasteiger partial charge in [-0.2, -0.15) is 0 Å². The Morgan fingerprint density at radius 2 is 1.56 bits per heavy atom. The summed E-state index contributed by atoms with van der Waals surface area (Å²) in [6.45, 7) is 2.67. The average molecular weight is 387 g/mol. The third-order valence-corrected chi connectivity index (χ3v) is 5.22. The normalized spacial score (nSPS) is 24.1. The summed E-state index contributed by atoms with van der Waals surface area (Å²) in [5.74, 6) is 0. The van der Waals surface area contributed by atoms with E-state index in [4.69, 9.17) is 14.6 Å². The third kappa shape index (κ3) is 11.2. The molecule has 0 spiro atoms. The van der Waals surface area contributed by atoms with Gasteiger partial charge in [0.2, 0.25) is 0 Å². The van der Waals surface area contributed by atoms with Gasteiger partial charge >= 0.3 is 0 Å². The van der Waals surface area contributed by atoms with E-state index in [0.717, 1.165) is 19.3 Å². The van der Waals surface area contributed by atoms with E-state index in [9.17, 15) is 10.2 Å². The van der Waals surface area contributed by atoms with Gasteiger partial charge in [-0.05, 0) is 25.7 Å². The van der Waals surface area contributed by atoms with E-state index in [1.807, 2.05) is 0 Å². The highest BCUT2D eigenvalue weighted by molar-refractivity contribution is 4.89. The zero-order valence-electron chi connectivity index (χ0n) is 17.2. The van der Waals surface area contributed by atoms with Crippen LogP contribution in [0.15, 0.2) is 12.2 Å². The minimum atomic E-state index is -1.06. The Kier molecular flexibility index (Phi) is 15.0. The van der Waals surface area contributed by atoms with Gasteiger partial charge < -0.3 is 24.8 Å². The van der Waals surface area contributed by atoms with Gasteiger partial charge in [-0.1, -0.05) is 70.4 Å². The molecule has 1 heterocycles. The van der Waals surface area contributed by atoms with Crippen molar-refractivity contribution < 1.29 is 24.8 Å². The molecule has 160 valence electrons. The van der Waals surface area contributed by atoms with E-state index in [1.165, 1.54) is 57.8 Å². The lowest BCUT2D eigenvalue weighted by Crippen LogP contribution is -2.41. The smallest absolute Gasteiger partial charge is 0.114 e. The zero-order valence-corrected chi connectivity index (χ0v) is 17.2. The van der Waals surface area contributed by atoms with Crippen LogP contribution >= 0.6 is 0 Å². The van der Waals surface area contributed by atoms with Crippen molar-refractivity contribution in [1.29, 1.82) is 0 Å². The van der Waals surface area contributed by atoms with Gasteiger partial charge in [-0.15, -0.1) is 0 Å². The summed E-state index contributed by atoms with van der Waals surface area (Å²) in [5, 5.41) is 28.5. The van der Waals surface area contributed by atoms with Crippen molar-refractivity contribution in [3.05, 3.63) is 12.2 Å². The van der Waals surface area contributed by atoms with Crippen molar-refractivity contribution in [1.82, 2.24) is 0 Å². The molecule has 0 radical (unpaired) electrons. The number of ether oxygens (including phenoxy) is 2. The molecular formula is C22H42O5. The van der Waals surface area contributed by atoms with Crippen LogP contribution in [0.4, 0.5) is 0 Å². The first-order valence-electron chi connectivity index (χ1n) is 11.1. The van der Waals surface area contributed by atoms with E-state index < -0.39 is 31.0 Å². The first-order chi connectivity index (χ1) is 13.2. The molecule has 0 unspecified atom stereocenters. The largest absolute Gasteiger partial charge is 0.394 e. The van der Waals surface area contributed by atoms with Crippen LogP contribution in [0.2, 0.25) is 0 Å². The topological polar surface area (TPSA) is 79.2 Å². The lowest BCUT2D eigenvalue weighted by Gasteiger charge is -2.20. The minimum Gasteiger partial charge on any atom is -0.394 e. The van der Waals surface area contributed by atoms with E-state index in [0.29, 0.717) is 6.61 Å². The zero-order chi connectivity index (χ0) is 19.7. The Morgan fingerprint density at radius 3 is 2.19 bits per heavy atom. The highest BCUT2D eigenvalue weighted by Crippen LogP contribution is 2.20. The summed E-state index contributed by atoms with van der Waals surface area (Å²) in [6, 6.07) is 0. The van der Waals surface area contributed by atoms with Crippen molar-refractivity contribution in [2.24, 2.45) is 0 Å². The lowest BCUT2D eigenvalue weighted by molar-refractivity contribution is -0.0729. The maximum Gasteiger partial charge on any atom is 0.114 e. The Bertz CT molecular complexity index is 361. The predicted molar refractivity (Wildman–Crippen MR) is 109 cm³/mol. The molecule has 0 bridgehead atoms. The highest BCUT2D eigenvalue weighted by Gasteiger charge is 2.40. The van der Waals surface area contributed by atoms with Gasteiger partial charge in [0, 0.05) is 6.61 Å². The van der Waals surface area contributed by atoms with Gasteiger partial charge in [0.15, 0.2) is 0 Å². The van der Waals surface area contributed by atoms with Crippen LogP contribution in [0.1, 0.15) is 84.0 Å². The monoisotopic (exact) mass is 386 g/mol. The molecule has 0 saturated carbocycles. The maximum absolute atomic E-state index is 10.0. The third-order valence-electron chi connectivity index (χ3n) is 5.22. The minimum absolute atomic E-state index is 0.261. The van der Waals surface area contributed by atoms with E-state index >= 15 is 0 Å². The van der Waals surface area contributed by atoms with Crippen LogP contribution in [-0.2, 0) is 9.47 Å². The standard InChI is InChI=1S/C22H42O5/c1-2-3-4-5-6-7-8-9-10-11-12-13-14-15-16-26-20-18-27-22(21(20)25)19(24)17-23/h12-13,19-25H,2-11,14-18H2,1H3/b13-12+/t19-,20+,21-,22-/m1/s1. The van der Waals surface area contributed by atoms with E-state index in [1.54, 1.807) is 0 Å². The van der Waals surface area contributed by atoms with Crippen molar-refractivity contribution in [2.45, 2.75) is 108 Å². The summed E-state index contributed by atoms with van der Waals surface area (Å²) in [6.07, 6.45) is 16.7. The molecule has 5 heteroatoms. The van der Waals surface area contributed by atoms with Crippen LogP contribution in [-0.4, -0.2) is 59.6 Å². The summed E-state index contributed by atoms with van der Waals surface area (Å²) >= 11 is 0. The van der Waals surface area contributed by atoms with Crippen molar-refractivity contribution in [2.75, 3.05) is 19.8 Å². The lowest BCUT2D eigenvalue weighted by atomic mass is 10.1. The Labute approximate surface area is 165 Å². The number of rotatable bonds is 17. The van der Waals surface area contributed by atoms with Crippen LogP contribution < -0.4 is 0 Å². The molecular weight excluding hydrogens is 344 g/mol. The fraction of sp³-hybridized carbons (Fsp3) is 0.909. The molecule has 1 fully saturated rings. The van der Waals surface area contributed by atoms with Gasteiger partial charge in [0.1, 0.15) is 24.4 Å². The van der Waals surface area contributed by atoms with Crippen LogP contribution in [0.5, 0.6) is 0 Å². The highest BCUT2D eigenvalue weighted by atomic mass is 16.6. The maximum atomic E-state index is 10.0. The number of hydrogen-bond donors (Lipinski definition) is 3. The molecule has 1 saturated heterocycles. The quantitative estimate of drug-likeness (QED) is 0.262. The molecule has 0 amide bonds. The number of aliphatic hydroxyl groups is 3. The van der Waals surface area contributed by atoms with Crippen molar-refractivity contribution in [3.8, 4) is 0 Å². The first-order valence-corrected chi connectivity index (χ1v) is 11.1. The molecule has 3 N–H and O–H groups in total. The summed E-state index contributed by atoms with van der Waals surface area (Å²) in [5.41, 5.74) is 0. The molecule has 5 nitrogen and oxygen atoms in total. The number of aliphatic hydroxyl groups excluding tert-OH is 3. The molecule has 0 aromatic carbocycles. The number of hydrogen-bond acceptors (Lipinski definition) is 5.